The number of anilines is 1. The Hall–Kier alpha value is -3.39. The van der Waals surface area contributed by atoms with Gasteiger partial charge in [-0.15, -0.1) is 0 Å². The largest absolute Gasteiger partial charge is 0.456 e. The number of nitrogens with zero attached hydrogens (tertiary/aromatic N) is 1. The second-order valence-electron chi connectivity index (χ2n) is 6.50. The summed E-state index contributed by atoms with van der Waals surface area (Å²) < 4.78 is 4.89. The van der Waals surface area contributed by atoms with Crippen molar-refractivity contribution in [1.82, 2.24) is 10.2 Å². The second-order valence-corrected chi connectivity index (χ2v) is 6.94. The number of rotatable bonds is 8. The second kappa shape index (κ2) is 11.0. The van der Waals surface area contributed by atoms with Crippen LogP contribution < -0.4 is 10.6 Å². The zero-order chi connectivity index (χ0) is 22.1. The van der Waals surface area contributed by atoms with Gasteiger partial charge in [-0.2, -0.15) is 0 Å². The van der Waals surface area contributed by atoms with E-state index in [0.29, 0.717) is 21.8 Å². The highest BCUT2D eigenvalue weighted by Crippen LogP contribution is 2.11. The Bertz CT molecular complexity index is 911. The highest BCUT2D eigenvalue weighted by Gasteiger charge is 2.11. The first-order valence-electron chi connectivity index (χ1n) is 9.07. The molecule has 0 saturated heterocycles. The first kappa shape index (κ1) is 22.9. The van der Waals surface area contributed by atoms with E-state index >= 15 is 0 Å². The molecule has 0 aliphatic heterocycles. The minimum absolute atomic E-state index is 0.0727. The molecule has 158 valence electrons. The van der Waals surface area contributed by atoms with Crippen molar-refractivity contribution in [3.63, 3.8) is 0 Å². The summed E-state index contributed by atoms with van der Waals surface area (Å²) in [6, 6.07) is 12.7. The lowest BCUT2D eigenvalue weighted by Gasteiger charge is -2.11. The minimum Gasteiger partial charge on any atom is -0.456 e. The van der Waals surface area contributed by atoms with Gasteiger partial charge in [0, 0.05) is 42.5 Å². The van der Waals surface area contributed by atoms with Crippen LogP contribution in [0, 0.1) is 0 Å². The molecule has 0 atom stereocenters. The van der Waals surface area contributed by atoms with Gasteiger partial charge in [0.15, 0.2) is 6.61 Å². The van der Waals surface area contributed by atoms with E-state index in [1.807, 2.05) is 0 Å². The topological polar surface area (TPSA) is 105 Å². The van der Waals surface area contributed by atoms with E-state index in [4.69, 9.17) is 16.3 Å². The highest BCUT2D eigenvalue weighted by atomic mass is 35.5. The normalized spacial score (nSPS) is 10.1. The Kier molecular flexibility index (Phi) is 8.37. The molecule has 8 nitrogen and oxygen atoms in total. The molecule has 9 heteroatoms. The molecule has 0 unspecified atom stereocenters. The molecule has 0 spiro atoms. The van der Waals surface area contributed by atoms with Crippen molar-refractivity contribution in [1.29, 1.82) is 0 Å². The maximum Gasteiger partial charge on any atom is 0.308 e. The standard InChI is InChI=1S/C21H22ClN3O5/c1-25(2)21(29)15-5-9-17(10-6-15)24-18(26)13-30-19(27)11-12-23-20(28)14-3-7-16(22)8-4-14/h3-10H,11-13H2,1-2H3,(H,23,28)(H,24,26). The fraction of sp³-hybridized carbons (Fsp3) is 0.238. The van der Waals surface area contributed by atoms with Gasteiger partial charge in [0.05, 0.1) is 6.42 Å². The number of carbonyl (C=O) groups excluding carboxylic acids is 4. The quantitative estimate of drug-likeness (QED) is 0.624. The summed E-state index contributed by atoms with van der Waals surface area (Å²) in [6.07, 6.45) is -0.0754. The number of esters is 1. The van der Waals surface area contributed by atoms with Crippen LogP contribution in [0.1, 0.15) is 27.1 Å². The van der Waals surface area contributed by atoms with Crippen LogP contribution in [0.4, 0.5) is 5.69 Å². The Morgan fingerprint density at radius 2 is 1.53 bits per heavy atom. The number of ether oxygens (including phenoxy) is 1. The van der Waals surface area contributed by atoms with Crippen LogP contribution in [-0.4, -0.2) is 55.8 Å². The minimum atomic E-state index is -0.617. The van der Waals surface area contributed by atoms with E-state index in [0.717, 1.165) is 0 Å². The fourth-order valence-corrected chi connectivity index (χ4v) is 2.48. The lowest BCUT2D eigenvalue weighted by molar-refractivity contribution is -0.147. The Labute approximate surface area is 179 Å². The van der Waals surface area contributed by atoms with Gasteiger partial charge < -0.3 is 20.3 Å². The molecule has 0 aromatic heterocycles. The van der Waals surface area contributed by atoms with Crippen molar-refractivity contribution in [2.24, 2.45) is 0 Å². The summed E-state index contributed by atoms with van der Waals surface area (Å²) >= 11 is 5.76. The smallest absolute Gasteiger partial charge is 0.308 e. The predicted molar refractivity (Wildman–Crippen MR) is 112 cm³/mol. The molecule has 30 heavy (non-hydrogen) atoms. The lowest BCUT2D eigenvalue weighted by atomic mass is 10.2. The van der Waals surface area contributed by atoms with Gasteiger partial charge in [0.25, 0.3) is 17.7 Å². The zero-order valence-corrected chi connectivity index (χ0v) is 17.4. The summed E-state index contributed by atoms with van der Waals surface area (Å²) in [5, 5.41) is 5.68. The van der Waals surface area contributed by atoms with Crippen LogP contribution in [0.5, 0.6) is 0 Å². The van der Waals surface area contributed by atoms with E-state index in [2.05, 4.69) is 10.6 Å². The Balaban J connectivity index is 1.69. The maximum atomic E-state index is 11.9. The van der Waals surface area contributed by atoms with Gasteiger partial charge in [0.1, 0.15) is 0 Å². The molecule has 2 aromatic carbocycles. The summed E-state index contributed by atoms with van der Waals surface area (Å²) in [4.78, 5) is 48.8. The van der Waals surface area contributed by atoms with E-state index in [9.17, 15) is 19.2 Å². The van der Waals surface area contributed by atoms with Crippen LogP contribution in [0.2, 0.25) is 5.02 Å². The molecule has 3 amide bonds. The zero-order valence-electron chi connectivity index (χ0n) is 16.6. The summed E-state index contributed by atoms with van der Waals surface area (Å²) in [5.74, 6) is -1.62. The number of halogens is 1. The van der Waals surface area contributed by atoms with Crippen LogP contribution in [0.15, 0.2) is 48.5 Å². The van der Waals surface area contributed by atoms with Gasteiger partial charge in [0.2, 0.25) is 0 Å². The fourth-order valence-electron chi connectivity index (χ4n) is 2.35. The van der Waals surface area contributed by atoms with Gasteiger partial charge in [-0.3, -0.25) is 19.2 Å². The highest BCUT2D eigenvalue weighted by molar-refractivity contribution is 6.30. The third kappa shape index (κ3) is 7.21. The number of benzene rings is 2. The van der Waals surface area contributed by atoms with Crippen molar-refractivity contribution in [2.75, 3.05) is 32.6 Å². The van der Waals surface area contributed by atoms with Crippen molar-refractivity contribution in [3.8, 4) is 0 Å². The van der Waals surface area contributed by atoms with Gasteiger partial charge in [-0.05, 0) is 48.5 Å². The molecule has 0 aliphatic rings. The van der Waals surface area contributed by atoms with Crippen LogP contribution in [0.25, 0.3) is 0 Å². The van der Waals surface area contributed by atoms with Crippen molar-refractivity contribution < 1.29 is 23.9 Å². The van der Waals surface area contributed by atoms with E-state index in [1.54, 1.807) is 62.6 Å². The van der Waals surface area contributed by atoms with Crippen molar-refractivity contribution in [3.05, 3.63) is 64.7 Å². The van der Waals surface area contributed by atoms with Crippen LogP contribution in [0.3, 0.4) is 0 Å². The summed E-state index contributed by atoms with van der Waals surface area (Å²) in [7, 11) is 3.30. The number of carbonyl (C=O) groups is 4. The van der Waals surface area contributed by atoms with Gasteiger partial charge in [-0.25, -0.2) is 0 Å². The molecular formula is C21H22ClN3O5. The van der Waals surface area contributed by atoms with Gasteiger partial charge >= 0.3 is 5.97 Å². The van der Waals surface area contributed by atoms with Crippen LogP contribution in [-0.2, 0) is 14.3 Å². The summed E-state index contributed by atoms with van der Waals surface area (Å²) in [6.45, 7) is -0.383. The molecule has 0 radical (unpaired) electrons. The molecule has 0 bridgehead atoms. The van der Waals surface area contributed by atoms with E-state index in [-0.39, 0.29) is 24.8 Å². The SMILES string of the molecule is CN(C)C(=O)c1ccc(NC(=O)COC(=O)CCNC(=O)c2ccc(Cl)cc2)cc1. The maximum absolute atomic E-state index is 11.9. The average molecular weight is 432 g/mol. The lowest BCUT2D eigenvalue weighted by Crippen LogP contribution is -2.27. The molecule has 0 saturated carbocycles. The van der Waals surface area contributed by atoms with Crippen LogP contribution >= 0.6 is 11.6 Å². The van der Waals surface area contributed by atoms with Gasteiger partial charge in [-0.1, -0.05) is 11.6 Å². The Morgan fingerprint density at radius 1 is 0.933 bits per heavy atom. The molecule has 2 N–H and O–H groups in total. The number of hydrogen-bond acceptors (Lipinski definition) is 5. The molecular weight excluding hydrogens is 410 g/mol. The molecule has 0 heterocycles. The number of hydrogen-bond donors (Lipinski definition) is 2. The molecule has 2 rings (SSSR count). The first-order valence-corrected chi connectivity index (χ1v) is 9.45. The predicted octanol–water partition coefficient (Wildman–Crippen LogP) is 2.34. The van der Waals surface area contributed by atoms with Crippen molar-refractivity contribution >= 4 is 41.0 Å². The number of amides is 3. The monoisotopic (exact) mass is 431 g/mol. The average Bonchev–Trinajstić information content (AvgIpc) is 2.72. The number of nitrogens with one attached hydrogen (secondary N) is 2. The third-order valence-electron chi connectivity index (χ3n) is 3.91. The molecule has 0 fully saturated rings. The van der Waals surface area contributed by atoms with Crippen molar-refractivity contribution in [2.45, 2.75) is 6.42 Å². The van der Waals surface area contributed by atoms with E-state index < -0.39 is 18.5 Å². The third-order valence-corrected chi connectivity index (χ3v) is 4.16. The summed E-state index contributed by atoms with van der Waals surface area (Å²) in [5.41, 5.74) is 1.39. The molecule has 0 aliphatic carbocycles. The first-order chi connectivity index (χ1) is 14.3. The Morgan fingerprint density at radius 3 is 2.13 bits per heavy atom. The molecule has 2 aromatic rings. The van der Waals surface area contributed by atoms with E-state index in [1.165, 1.54) is 4.90 Å².